The molecule has 2 aromatic rings. The molecule has 7 rings (SSSR count). The van der Waals surface area contributed by atoms with Crippen molar-refractivity contribution < 1.29 is 4.79 Å². The number of carbonyl (C=O) groups is 1. The van der Waals surface area contributed by atoms with E-state index in [4.69, 9.17) is 0 Å². The third kappa shape index (κ3) is 3.58. The lowest BCUT2D eigenvalue weighted by atomic mass is 9.57. The minimum atomic E-state index is 0.374. The lowest BCUT2D eigenvalue weighted by molar-refractivity contribution is -0.130. The molecule has 0 radical (unpaired) electrons. The molecule has 5 aliphatic rings. The van der Waals surface area contributed by atoms with Gasteiger partial charge in [0, 0.05) is 58.1 Å². The van der Waals surface area contributed by atoms with Crippen molar-refractivity contribution in [3.05, 3.63) is 53.9 Å². The van der Waals surface area contributed by atoms with E-state index in [1.807, 2.05) is 6.07 Å². The number of nitrogens with zero attached hydrogens (tertiary/aromatic N) is 5. The molecule has 1 aromatic carbocycles. The van der Waals surface area contributed by atoms with Crippen molar-refractivity contribution in [3.63, 3.8) is 0 Å². The van der Waals surface area contributed by atoms with Crippen molar-refractivity contribution in [2.75, 3.05) is 50.7 Å². The van der Waals surface area contributed by atoms with E-state index in [1.165, 1.54) is 12.8 Å². The number of piperazine rings is 1. The van der Waals surface area contributed by atoms with Gasteiger partial charge in [-0.15, -0.1) is 0 Å². The van der Waals surface area contributed by atoms with Crippen molar-refractivity contribution in [3.8, 4) is 0 Å². The summed E-state index contributed by atoms with van der Waals surface area (Å²) in [6.45, 7) is 6.91. The Morgan fingerprint density at radius 1 is 0.875 bits per heavy atom. The molecular formula is C26H33N5O. The molecule has 2 saturated heterocycles. The van der Waals surface area contributed by atoms with E-state index in [1.54, 1.807) is 23.5 Å². The van der Waals surface area contributed by atoms with Crippen molar-refractivity contribution in [2.45, 2.75) is 37.5 Å². The van der Waals surface area contributed by atoms with E-state index in [-0.39, 0.29) is 0 Å². The molecule has 0 spiro atoms. The molecule has 1 aromatic heterocycles. The summed E-state index contributed by atoms with van der Waals surface area (Å²) in [6, 6.07) is 10.9. The monoisotopic (exact) mass is 431 g/mol. The maximum atomic E-state index is 13.1. The number of benzene rings is 1. The summed E-state index contributed by atoms with van der Waals surface area (Å²) < 4.78 is 0. The Morgan fingerprint density at radius 2 is 1.50 bits per heavy atom. The fourth-order valence-corrected chi connectivity index (χ4v) is 6.89. The molecular weight excluding hydrogens is 398 g/mol. The van der Waals surface area contributed by atoms with Crippen molar-refractivity contribution in [1.29, 1.82) is 0 Å². The average Bonchev–Trinajstić information content (AvgIpc) is 3.32. The van der Waals surface area contributed by atoms with Gasteiger partial charge in [-0.1, -0.05) is 24.3 Å². The molecule has 3 aliphatic carbocycles. The van der Waals surface area contributed by atoms with Gasteiger partial charge in [0.1, 0.15) is 0 Å². The van der Waals surface area contributed by atoms with Crippen LogP contribution >= 0.6 is 0 Å². The first-order valence-corrected chi connectivity index (χ1v) is 12.4. The summed E-state index contributed by atoms with van der Waals surface area (Å²) in [7, 11) is 0. The zero-order valence-electron chi connectivity index (χ0n) is 18.8. The van der Waals surface area contributed by atoms with Crippen LogP contribution in [0.4, 0.5) is 5.95 Å². The normalized spacial score (nSPS) is 29.1. The van der Waals surface area contributed by atoms with E-state index in [2.05, 4.69) is 48.9 Å². The van der Waals surface area contributed by atoms with Crippen LogP contribution in [0.1, 0.15) is 48.6 Å². The fraction of sp³-hybridized carbons (Fsp3) is 0.577. The number of anilines is 1. The van der Waals surface area contributed by atoms with E-state index in [0.29, 0.717) is 36.0 Å². The van der Waals surface area contributed by atoms with Crippen LogP contribution in [0.25, 0.3) is 0 Å². The highest BCUT2D eigenvalue weighted by molar-refractivity contribution is 5.76. The molecule has 1 saturated carbocycles. The Kier molecular flexibility index (Phi) is 5.34. The number of aromatic nitrogens is 2. The number of carbonyl (C=O) groups excluding carboxylic acids is 1. The Morgan fingerprint density at radius 3 is 2.12 bits per heavy atom. The van der Waals surface area contributed by atoms with E-state index < -0.39 is 0 Å². The van der Waals surface area contributed by atoms with Crippen LogP contribution in [0.5, 0.6) is 0 Å². The minimum absolute atomic E-state index is 0.374. The number of amides is 1. The molecule has 4 unspecified atom stereocenters. The molecule has 6 heteroatoms. The summed E-state index contributed by atoms with van der Waals surface area (Å²) in [6.07, 6.45) is 7.87. The van der Waals surface area contributed by atoms with Crippen LogP contribution in [-0.4, -0.2) is 71.5 Å². The first-order valence-electron chi connectivity index (χ1n) is 12.4. The number of rotatable bonds is 5. The molecule has 4 atom stereocenters. The zero-order valence-corrected chi connectivity index (χ0v) is 18.8. The van der Waals surface area contributed by atoms with Gasteiger partial charge in [0.25, 0.3) is 0 Å². The van der Waals surface area contributed by atoms with Crippen LogP contribution in [0, 0.1) is 11.8 Å². The van der Waals surface area contributed by atoms with E-state index in [0.717, 1.165) is 58.2 Å². The Balaban J connectivity index is 0.984. The van der Waals surface area contributed by atoms with Crippen LogP contribution in [0.15, 0.2) is 42.7 Å². The molecule has 3 fully saturated rings. The average molecular weight is 432 g/mol. The molecule has 0 N–H and O–H groups in total. The Hall–Kier alpha value is -2.47. The molecule has 2 bridgehead atoms. The fourth-order valence-electron chi connectivity index (χ4n) is 6.89. The quantitative estimate of drug-likeness (QED) is 0.728. The third-order valence-electron chi connectivity index (χ3n) is 8.45. The number of hydrogen-bond donors (Lipinski definition) is 0. The van der Waals surface area contributed by atoms with Gasteiger partial charge in [-0.05, 0) is 66.7 Å². The van der Waals surface area contributed by atoms with Gasteiger partial charge in [-0.2, -0.15) is 0 Å². The van der Waals surface area contributed by atoms with Crippen LogP contribution < -0.4 is 4.90 Å². The Labute approximate surface area is 190 Å². The van der Waals surface area contributed by atoms with E-state index >= 15 is 0 Å². The number of fused-ring (bicyclic) bond motifs is 1. The summed E-state index contributed by atoms with van der Waals surface area (Å²) in [4.78, 5) is 28.7. The molecule has 3 heterocycles. The molecule has 168 valence electrons. The first-order chi connectivity index (χ1) is 15.8. The lowest BCUT2D eigenvalue weighted by Gasteiger charge is -2.46. The summed E-state index contributed by atoms with van der Waals surface area (Å²) in [5.41, 5.74) is 3.17. The maximum Gasteiger partial charge on any atom is 0.225 e. The predicted molar refractivity (Wildman–Crippen MR) is 125 cm³/mol. The number of likely N-dealkylation sites (tertiary alicyclic amines) is 1. The largest absolute Gasteiger partial charge is 0.342 e. The third-order valence-corrected chi connectivity index (χ3v) is 8.45. The van der Waals surface area contributed by atoms with Gasteiger partial charge < -0.3 is 9.80 Å². The first kappa shape index (κ1) is 20.2. The maximum absolute atomic E-state index is 13.1. The van der Waals surface area contributed by atoms with Gasteiger partial charge in [-0.25, -0.2) is 9.97 Å². The summed E-state index contributed by atoms with van der Waals surface area (Å²) in [5, 5.41) is 0. The minimum Gasteiger partial charge on any atom is -0.342 e. The van der Waals surface area contributed by atoms with Gasteiger partial charge in [0.2, 0.25) is 11.9 Å². The zero-order chi connectivity index (χ0) is 21.5. The van der Waals surface area contributed by atoms with Crippen LogP contribution in [0.2, 0.25) is 0 Å². The van der Waals surface area contributed by atoms with E-state index in [9.17, 15) is 4.79 Å². The number of hydrogen-bond acceptors (Lipinski definition) is 5. The lowest BCUT2D eigenvalue weighted by Crippen LogP contribution is -2.47. The molecule has 1 amide bonds. The highest BCUT2D eigenvalue weighted by Crippen LogP contribution is 2.57. The topological polar surface area (TPSA) is 52.6 Å². The molecule has 32 heavy (non-hydrogen) atoms. The van der Waals surface area contributed by atoms with Crippen LogP contribution in [-0.2, 0) is 4.79 Å². The smallest absolute Gasteiger partial charge is 0.225 e. The highest BCUT2D eigenvalue weighted by atomic mass is 16.2. The second kappa shape index (κ2) is 8.47. The summed E-state index contributed by atoms with van der Waals surface area (Å²) in [5.74, 6) is 3.91. The predicted octanol–water partition coefficient (Wildman–Crippen LogP) is 3.13. The van der Waals surface area contributed by atoms with Crippen molar-refractivity contribution >= 4 is 11.9 Å². The summed E-state index contributed by atoms with van der Waals surface area (Å²) >= 11 is 0. The van der Waals surface area contributed by atoms with Gasteiger partial charge in [0.15, 0.2) is 0 Å². The van der Waals surface area contributed by atoms with Crippen molar-refractivity contribution in [1.82, 2.24) is 19.8 Å². The Bertz CT molecular complexity index is 919. The van der Waals surface area contributed by atoms with Gasteiger partial charge >= 0.3 is 0 Å². The van der Waals surface area contributed by atoms with Crippen LogP contribution in [0.3, 0.4) is 0 Å². The van der Waals surface area contributed by atoms with Crippen molar-refractivity contribution in [2.24, 2.45) is 11.8 Å². The molecule has 6 nitrogen and oxygen atoms in total. The SMILES string of the molecule is O=C(CCCN1CCN(c2ncccn2)CC1)N1CC2C3CCC(c4ccccc43)C2C1. The second-order valence-corrected chi connectivity index (χ2v) is 10.0. The van der Waals surface area contributed by atoms with Gasteiger partial charge in [0.05, 0.1) is 0 Å². The highest BCUT2D eigenvalue weighted by Gasteiger charge is 2.51. The van der Waals surface area contributed by atoms with Gasteiger partial charge in [-0.3, -0.25) is 9.69 Å². The second-order valence-electron chi connectivity index (χ2n) is 10.0. The molecule has 2 aliphatic heterocycles. The standard InChI is InChI=1S/C26H33N5O/c32-25(7-3-12-29-13-15-30(16-14-29)26-27-10-4-11-28-26)31-17-23-21-8-9-22(24(23)18-31)20-6-2-1-5-19(20)21/h1-2,4-6,10-11,21-24H,3,7-9,12-18H2.